The highest BCUT2D eigenvalue weighted by molar-refractivity contribution is 6.11. The second kappa shape index (κ2) is 10.9. The molecule has 7 aromatic carbocycles. The maximum Gasteiger partial charge on any atom is 0.188 e. The summed E-state index contributed by atoms with van der Waals surface area (Å²) >= 11 is 0. The van der Waals surface area contributed by atoms with Crippen LogP contribution in [-0.4, -0.2) is 9.13 Å². The SMILES string of the molecule is [C-]#[N+]c1ccc2c(c1)c1ccccc1n2-c1ccccc1-c1ccc(-c2cc(-n3c4ccccc4c4ccccc43)ccc2C#N)cc1. The molecule has 2 aromatic heterocycles. The molecule has 0 bridgehead atoms. The highest BCUT2D eigenvalue weighted by atomic mass is 15.0. The topological polar surface area (TPSA) is 38.0 Å². The minimum atomic E-state index is 0.633. The summed E-state index contributed by atoms with van der Waals surface area (Å²) in [6, 6.07) is 56.7. The summed E-state index contributed by atoms with van der Waals surface area (Å²) in [7, 11) is 0. The van der Waals surface area contributed by atoms with E-state index in [1.54, 1.807) is 0 Å². The van der Waals surface area contributed by atoms with Crippen molar-refractivity contribution < 1.29 is 0 Å². The molecule has 0 aliphatic carbocycles. The Bertz CT molecular complexity index is 2750. The molecule has 0 radical (unpaired) electrons. The summed E-state index contributed by atoms with van der Waals surface area (Å²) in [5, 5.41) is 14.7. The average molecular weight is 611 g/mol. The lowest BCUT2D eigenvalue weighted by Gasteiger charge is -2.15. The molecule has 0 N–H and O–H groups in total. The molecule has 0 saturated carbocycles. The molecular weight excluding hydrogens is 585 g/mol. The zero-order valence-electron chi connectivity index (χ0n) is 25.8. The first-order chi connectivity index (χ1) is 23.7. The lowest BCUT2D eigenvalue weighted by atomic mass is 9.96. The molecule has 0 saturated heterocycles. The van der Waals surface area contributed by atoms with Gasteiger partial charge in [0.25, 0.3) is 0 Å². The van der Waals surface area contributed by atoms with Crippen molar-refractivity contribution in [2.24, 2.45) is 0 Å². The third-order valence-corrected chi connectivity index (χ3v) is 9.40. The van der Waals surface area contributed by atoms with Crippen LogP contribution in [0.5, 0.6) is 0 Å². The number of nitrogens with zero attached hydrogens (tertiary/aromatic N) is 4. The molecule has 0 aliphatic heterocycles. The van der Waals surface area contributed by atoms with Gasteiger partial charge in [0, 0.05) is 33.0 Å². The largest absolute Gasteiger partial charge is 0.309 e. The van der Waals surface area contributed by atoms with Crippen molar-refractivity contribution in [1.29, 1.82) is 5.26 Å². The second-order valence-electron chi connectivity index (χ2n) is 12.0. The van der Waals surface area contributed by atoms with E-state index in [1.807, 2.05) is 30.3 Å². The predicted molar refractivity (Wildman–Crippen MR) is 197 cm³/mol. The van der Waals surface area contributed by atoms with Gasteiger partial charge in [-0.15, -0.1) is 0 Å². The maximum absolute atomic E-state index is 10.1. The van der Waals surface area contributed by atoms with Crippen LogP contribution in [0.3, 0.4) is 0 Å². The first-order valence-corrected chi connectivity index (χ1v) is 15.9. The van der Waals surface area contributed by atoms with Gasteiger partial charge in [-0.05, 0) is 71.1 Å². The highest BCUT2D eigenvalue weighted by Gasteiger charge is 2.17. The molecule has 48 heavy (non-hydrogen) atoms. The first-order valence-electron chi connectivity index (χ1n) is 15.9. The van der Waals surface area contributed by atoms with Crippen molar-refractivity contribution in [1.82, 2.24) is 9.13 Å². The Labute approximate surface area is 277 Å². The maximum atomic E-state index is 10.1. The quantitative estimate of drug-likeness (QED) is 0.183. The standard InChI is InChI=1S/C44H26N4/c1-46-32-23-25-44-39(26-32)37-13-5-9-17-43(37)48(44)40-14-6-2-10-34(40)29-18-20-30(21-19-29)38-27-33(24-22-31(38)28-45)47-41-15-7-3-11-35(41)36-12-4-8-16-42(36)47/h2-27H. The highest BCUT2D eigenvalue weighted by Crippen LogP contribution is 2.39. The summed E-state index contributed by atoms with van der Waals surface area (Å²) in [4.78, 5) is 3.69. The molecule has 0 amide bonds. The van der Waals surface area contributed by atoms with E-state index >= 15 is 0 Å². The van der Waals surface area contributed by atoms with E-state index in [0.29, 0.717) is 11.3 Å². The molecule has 0 spiro atoms. The number of fused-ring (bicyclic) bond motifs is 6. The van der Waals surface area contributed by atoms with Crippen LogP contribution in [0.15, 0.2) is 158 Å². The minimum absolute atomic E-state index is 0.633. The van der Waals surface area contributed by atoms with Crippen LogP contribution >= 0.6 is 0 Å². The van der Waals surface area contributed by atoms with E-state index < -0.39 is 0 Å². The van der Waals surface area contributed by atoms with E-state index in [9.17, 15) is 5.26 Å². The first kappa shape index (κ1) is 27.4. The molecular formula is C44H26N4. The fourth-order valence-corrected chi connectivity index (χ4v) is 7.24. The van der Waals surface area contributed by atoms with Crippen molar-refractivity contribution in [3.05, 3.63) is 175 Å². The van der Waals surface area contributed by atoms with E-state index in [1.165, 1.54) is 10.8 Å². The van der Waals surface area contributed by atoms with Crippen molar-refractivity contribution in [3.63, 3.8) is 0 Å². The molecule has 2 heterocycles. The summed E-state index contributed by atoms with van der Waals surface area (Å²) in [5.41, 5.74) is 11.8. The number of nitriles is 1. The molecule has 0 aliphatic rings. The Hall–Kier alpha value is -6.88. The zero-order valence-corrected chi connectivity index (χ0v) is 25.8. The Kier molecular flexibility index (Phi) is 6.22. The lowest BCUT2D eigenvalue weighted by molar-refractivity contribution is 1.18. The van der Waals surface area contributed by atoms with Crippen LogP contribution in [0.25, 0.3) is 82.1 Å². The molecule has 0 atom stereocenters. The van der Waals surface area contributed by atoms with E-state index in [4.69, 9.17) is 6.57 Å². The second-order valence-corrected chi connectivity index (χ2v) is 12.0. The predicted octanol–water partition coefficient (Wildman–Crippen LogP) is 11.6. The van der Waals surface area contributed by atoms with Crippen LogP contribution in [0.2, 0.25) is 0 Å². The number of hydrogen-bond acceptors (Lipinski definition) is 1. The summed E-state index contributed by atoms with van der Waals surface area (Å²) in [6.45, 7) is 7.56. The van der Waals surface area contributed by atoms with Gasteiger partial charge in [-0.2, -0.15) is 5.26 Å². The molecule has 9 aromatic rings. The molecule has 4 heteroatoms. The van der Waals surface area contributed by atoms with Crippen molar-refractivity contribution in [3.8, 4) is 39.7 Å². The number of para-hydroxylation sites is 4. The van der Waals surface area contributed by atoms with Crippen LogP contribution < -0.4 is 0 Å². The van der Waals surface area contributed by atoms with Crippen LogP contribution in [0, 0.1) is 17.9 Å². The third kappa shape index (κ3) is 4.14. The lowest BCUT2D eigenvalue weighted by Crippen LogP contribution is -1.97. The van der Waals surface area contributed by atoms with Gasteiger partial charge in [-0.25, -0.2) is 4.85 Å². The van der Waals surface area contributed by atoms with Gasteiger partial charge in [-0.1, -0.05) is 103 Å². The van der Waals surface area contributed by atoms with Gasteiger partial charge < -0.3 is 9.13 Å². The Morgan fingerprint density at radius 2 is 1.02 bits per heavy atom. The fourth-order valence-electron chi connectivity index (χ4n) is 7.24. The van der Waals surface area contributed by atoms with E-state index in [-0.39, 0.29) is 0 Å². The van der Waals surface area contributed by atoms with Crippen LogP contribution in [-0.2, 0) is 0 Å². The van der Waals surface area contributed by atoms with Gasteiger partial charge in [0.1, 0.15) is 0 Å². The average Bonchev–Trinajstić information content (AvgIpc) is 3.67. The van der Waals surface area contributed by atoms with Gasteiger partial charge in [0.15, 0.2) is 5.69 Å². The Morgan fingerprint density at radius 1 is 0.479 bits per heavy atom. The van der Waals surface area contributed by atoms with Crippen molar-refractivity contribution in [2.75, 3.05) is 0 Å². The van der Waals surface area contributed by atoms with Gasteiger partial charge >= 0.3 is 0 Å². The Balaban J connectivity index is 1.18. The monoisotopic (exact) mass is 610 g/mol. The number of hydrogen-bond donors (Lipinski definition) is 0. The number of aromatic nitrogens is 2. The summed E-state index contributed by atoms with van der Waals surface area (Å²) < 4.78 is 4.58. The van der Waals surface area contributed by atoms with E-state index in [2.05, 4.69) is 147 Å². The molecule has 9 rings (SSSR count). The smallest absolute Gasteiger partial charge is 0.188 e. The number of benzene rings is 7. The van der Waals surface area contributed by atoms with Crippen LogP contribution in [0.4, 0.5) is 5.69 Å². The minimum Gasteiger partial charge on any atom is -0.309 e. The summed E-state index contributed by atoms with van der Waals surface area (Å²) in [5.74, 6) is 0. The molecule has 0 unspecified atom stereocenters. The molecule has 4 nitrogen and oxygen atoms in total. The number of rotatable bonds is 4. The van der Waals surface area contributed by atoms with Crippen molar-refractivity contribution >= 4 is 49.3 Å². The van der Waals surface area contributed by atoms with Gasteiger partial charge in [0.05, 0.1) is 46.0 Å². The molecule has 222 valence electrons. The fraction of sp³-hybridized carbons (Fsp3) is 0. The Morgan fingerprint density at radius 3 is 1.67 bits per heavy atom. The van der Waals surface area contributed by atoms with Gasteiger partial charge in [0.2, 0.25) is 0 Å². The summed E-state index contributed by atoms with van der Waals surface area (Å²) in [6.07, 6.45) is 0. The third-order valence-electron chi connectivity index (χ3n) is 9.40. The van der Waals surface area contributed by atoms with Crippen LogP contribution in [0.1, 0.15) is 5.56 Å². The van der Waals surface area contributed by atoms with Gasteiger partial charge in [-0.3, -0.25) is 0 Å². The molecule has 0 fully saturated rings. The van der Waals surface area contributed by atoms with Crippen molar-refractivity contribution in [2.45, 2.75) is 0 Å². The zero-order chi connectivity index (χ0) is 32.2. The van der Waals surface area contributed by atoms with E-state index in [0.717, 1.165) is 66.5 Å². The normalized spacial score (nSPS) is 11.3.